The molecule has 113 heavy (non-hydrogen) atoms. The Kier molecular flexibility index (Phi) is 66.1. The van der Waals surface area contributed by atoms with E-state index < -0.39 is 124 Å². The minimum absolute atomic E-state index is 0.229. The van der Waals surface area contributed by atoms with Crippen LogP contribution in [-0.4, -0.2) is 193 Å². The lowest BCUT2D eigenvalue weighted by atomic mass is 9.96. The van der Waals surface area contributed by atoms with Gasteiger partial charge in [0.25, 0.3) is 0 Å². The van der Waals surface area contributed by atoms with Gasteiger partial charge in [0, 0.05) is 6.42 Å². The van der Waals surface area contributed by atoms with Crippen LogP contribution in [0.3, 0.4) is 0 Å². The van der Waals surface area contributed by atoms with E-state index in [2.05, 4.69) is 129 Å². The maximum absolute atomic E-state index is 13.5. The molecule has 0 bridgehead atoms. The molecule has 0 aromatic carbocycles. The zero-order chi connectivity index (χ0) is 81.7. The number of carbonyl (C=O) groups excluding carboxylic acids is 1. The second-order valence-electron chi connectivity index (χ2n) is 31.7. The van der Waals surface area contributed by atoms with Gasteiger partial charge in [-0.05, 0) is 103 Å². The van der Waals surface area contributed by atoms with E-state index in [-0.39, 0.29) is 18.9 Å². The Bertz CT molecular complexity index is 2510. The topological polar surface area (TPSA) is 307 Å². The van der Waals surface area contributed by atoms with E-state index in [4.69, 9.17) is 28.4 Å². The SMILES string of the molecule is CC/C=C\C/C=C\C/C=C\C/C=C\C/C=C\C/C=C\C/C=C\CCCCCCCCCCCCCCCCCCCCCC(=O)NC(COC1OC(CO)C(OC2OC(CO)C(OC3OC(CO)C(O)C(O)C3O)C(O)C2O)C(O)C1O)C(O)/C=C/CC/C=C/CC/C=C/CCCCCCCCCCCCCCCCCCC. The van der Waals surface area contributed by atoms with Crippen molar-refractivity contribution in [1.82, 2.24) is 5.32 Å². The van der Waals surface area contributed by atoms with E-state index in [9.17, 15) is 61.0 Å². The fourth-order valence-electron chi connectivity index (χ4n) is 14.6. The molecule has 17 unspecified atom stereocenters. The monoisotopic (exact) mass is 1590 g/mol. The van der Waals surface area contributed by atoms with Crippen LogP contribution in [0.4, 0.5) is 0 Å². The molecule has 17 atom stereocenters. The number of allylic oxidation sites excluding steroid dienone is 19. The van der Waals surface area contributed by atoms with Crippen LogP contribution in [0.2, 0.25) is 0 Å². The lowest BCUT2D eigenvalue weighted by molar-refractivity contribution is -0.379. The average Bonchev–Trinajstić information content (AvgIpc) is 0.777. The lowest BCUT2D eigenvalue weighted by Gasteiger charge is -2.48. The molecule has 19 heteroatoms. The summed E-state index contributed by atoms with van der Waals surface area (Å²) in [5, 5.41) is 121. The first-order valence-electron chi connectivity index (χ1n) is 45.3. The normalized spacial score (nSPS) is 25.4. The van der Waals surface area contributed by atoms with Crippen LogP contribution in [0.25, 0.3) is 0 Å². The molecular weight excluding hydrogens is 1430 g/mol. The predicted molar refractivity (Wildman–Crippen MR) is 457 cm³/mol. The first kappa shape index (κ1) is 103. The average molecular weight is 1600 g/mol. The van der Waals surface area contributed by atoms with E-state index >= 15 is 0 Å². The van der Waals surface area contributed by atoms with Crippen LogP contribution >= 0.6 is 0 Å². The Hall–Kier alpha value is -3.81. The summed E-state index contributed by atoms with van der Waals surface area (Å²) in [5.74, 6) is -0.288. The largest absolute Gasteiger partial charge is 0.394 e. The number of amides is 1. The van der Waals surface area contributed by atoms with Gasteiger partial charge < -0.3 is 89.9 Å². The quantitative estimate of drug-likeness (QED) is 0.0199. The fraction of sp³-hybridized carbons (Fsp3) is 0.777. The number of aliphatic hydroxyl groups is 11. The highest BCUT2D eigenvalue weighted by Crippen LogP contribution is 2.33. The van der Waals surface area contributed by atoms with Crippen LogP contribution in [0.1, 0.15) is 335 Å². The molecule has 3 aliphatic rings. The molecule has 19 nitrogen and oxygen atoms in total. The zero-order valence-corrected chi connectivity index (χ0v) is 70.3. The Balaban J connectivity index is 1.32. The second kappa shape index (κ2) is 72.2. The minimum atomic E-state index is -1.99. The van der Waals surface area contributed by atoms with Crippen LogP contribution in [0.15, 0.2) is 122 Å². The first-order valence-corrected chi connectivity index (χ1v) is 45.3. The van der Waals surface area contributed by atoms with Crippen molar-refractivity contribution in [2.45, 2.75) is 439 Å². The van der Waals surface area contributed by atoms with Crippen molar-refractivity contribution in [2.24, 2.45) is 0 Å². The van der Waals surface area contributed by atoms with Crippen molar-refractivity contribution in [3.05, 3.63) is 122 Å². The molecule has 0 aromatic heterocycles. The molecular formula is C94H163NO18. The van der Waals surface area contributed by atoms with Crippen molar-refractivity contribution in [3.63, 3.8) is 0 Å². The van der Waals surface area contributed by atoms with Gasteiger partial charge in [-0.1, -0.05) is 347 Å². The highest BCUT2D eigenvalue weighted by Gasteiger charge is 2.54. The third kappa shape index (κ3) is 50.7. The smallest absolute Gasteiger partial charge is 0.220 e. The number of hydrogen-bond acceptors (Lipinski definition) is 18. The highest BCUT2D eigenvalue weighted by molar-refractivity contribution is 5.76. The summed E-state index contributed by atoms with van der Waals surface area (Å²) < 4.78 is 34.5. The first-order chi connectivity index (χ1) is 55.3. The molecule has 652 valence electrons. The van der Waals surface area contributed by atoms with Gasteiger partial charge in [-0.25, -0.2) is 0 Å². The number of aliphatic hydroxyl groups excluding tert-OH is 11. The van der Waals surface area contributed by atoms with Gasteiger partial charge >= 0.3 is 0 Å². The number of unbranched alkanes of at least 4 members (excludes halogenated alkanes) is 38. The van der Waals surface area contributed by atoms with Gasteiger partial charge in [0.2, 0.25) is 5.91 Å². The summed E-state index contributed by atoms with van der Waals surface area (Å²) >= 11 is 0. The van der Waals surface area contributed by atoms with Gasteiger partial charge in [0.05, 0.1) is 38.6 Å². The van der Waals surface area contributed by atoms with Gasteiger partial charge in [0.1, 0.15) is 73.2 Å². The van der Waals surface area contributed by atoms with Gasteiger partial charge in [-0.3, -0.25) is 4.79 Å². The van der Waals surface area contributed by atoms with E-state index in [0.717, 1.165) is 89.9 Å². The molecule has 3 heterocycles. The molecule has 3 fully saturated rings. The van der Waals surface area contributed by atoms with Crippen LogP contribution in [0.5, 0.6) is 0 Å². The van der Waals surface area contributed by atoms with E-state index in [0.29, 0.717) is 12.8 Å². The van der Waals surface area contributed by atoms with Crippen LogP contribution in [0, 0.1) is 0 Å². The van der Waals surface area contributed by atoms with E-state index in [1.807, 2.05) is 6.08 Å². The van der Waals surface area contributed by atoms with Crippen LogP contribution < -0.4 is 5.32 Å². The molecule has 0 spiro atoms. The fourth-order valence-corrected chi connectivity index (χ4v) is 14.6. The van der Waals surface area contributed by atoms with Crippen molar-refractivity contribution in [2.75, 3.05) is 26.4 Å². The van der Waals surface area contributed by atoms with Crippen molar-refractivity contribution >= 4 is 5.91 Å². The van der Waals surface area contributed by atoms with Crippen molar-refractivity contribution in [1.29, 1.82) is 0 Å². The van der Waals surface area contributed by atoms with Gasteiger partial charge in [-0.15, -0.1) is 0 Å². The zero-order valence-electron chi connectivity index (χ0n) is 70.3. The van der Waals surface area contributed by atoms with E-state index in [1.165, 1.54) is 212 Å². The van der Waals surface area contributed by atoms with E-state index in [1.54, 1.807) is 6.08 Å². The summed E-state index contributed by atoms with van der Waals surface area (Å²) in [5.41, 5.74) is 0. The third-order valence-corrected chi connectivity index (χ3v) is 21.7. The lowest BCUT2D eigenvalue weighted by Crippen LogP contribution is -2.66. The Morgan fingerprint density at radius 3 is 0.991 bits per heavy atom. The summed E-state index contributed by atoms with van der Waals surface area (Å²) in [6.45, 7) is 1.63. The number of hydrogen-bond donors (Lipinski definition) is 12. The summed E-state index contributed by atoms with van der Waals surface area (Å²) in [7, 11) is 0. The van der Waals surface area contributed by atoms with Gasteiger partial charge in [-0.2, -0.15) is 0 Å². The molecule has 3 rings (SSSR count). The number of nitrogens with one attached hydrogen (secondary N) is 1. The molecule has 0 radical (unpaired) electrons. The Morgan fingerprint density at radius 1 is 0.327 bits per heavy atom. The summed E-state index contributed by atoms with van der Waals surface area (Å²) in [6.07, 6.45) is 76.4. The van der Waals surface area contributed by atoms with Crippen LogP contribution in [-0.2, 0) is 33.2 Å². The highest BCUT2D eigenvalue weighted by atomic mass is 16.8. The maximum Gasteiger partial charge on any atom is 0.220 e. The number of rotatable bonds is 72. The molecule has 12 N–H and O–H groups in total. The molecule has 0 aromatic rings. The maximum atomic E-state index is 13.5. The Labute approximate surface area is 684 Å². The molecule has 3 saturated heterocycles. The summed E-state index contributed by atoms with van der Waals surface area (Å²) in [4.78, 5) is 13.5. The second-order valence-corrected chi connectivity index (χ2v) is 31.7. The predicted octanol–water partition coefficient (Wildman–Crippen LogP) is 17.4. The summed E-state index contributed by atoms with van der Waals surface area (Å²) in [6, 6.07) is -1.00. The standard InChI is InChI=1S/C94H163NO18/c1-3-5-7-9-11-13-15-17-19-21-23-25-27-29-31-32-33-34-35-36-37-38-39-40-41-42-43-44-46-48-50-52-54-56-58-60-62-64-66-68-70-72-82(100)95-77(78(99)71-69-67-65-63-61-59-57-55-53-51-49-47-45-30-28-26-24-22-20-18-16-14-12-10-8-6-4-2)76-108-92-88(106)85(103)90(80(74-97)110-92)113-94-89(107)86(104)91(81(75-98)111-94)112-93-87(105)84(102)83(101)79(73-96)109-93/h5,7,11,13,17,19,23,25,29,31,33-34,36-37,53,55,61,63,69,71,77-81,83-94,96-99,101-107H,3-4,6,8-10,12,14-16,18,20-22,24,26-28,30,32,35,38-52,54,56-60,62,64-68,70,72-76H2,1-2H3,(H,95,100)/b7-5-,13-11-,19-17-,25-23-,31-29-,34-33-,37-36-,55-53+,63-61+,71-69+. The van der Waals surface area contributed by atoms with Gasteiger partial charge in [0.15, 0.2) is 18.9 Å². The third-order valence-electron chi connectivity index (χ3n) is 21.7. The molecule has 0 aliphatic carbocycles. The number of ether oxygens (including phenoxy) is 6. The van der Waals surface area contributed by atoms with Crippen molar-refractivity contribution < 1.29 is 89.4 Å². The molecule has 0 saturated carbocycles. The Morgan fingerprint density at radius 2 is 0.619 bits per heavy atom. The molecule has 1 amide bonds. The minimum Gasteiger partial charge on any atom is -0.394 e. The molecule has 3 aliphatic heterocycles. The number of carbonyl (C=O) groups is 1. The van der Waals surface area contributed by atoms with Crippen molar-refractivity contribution in [3.8, 4) is 0 Å².